The smallest absolute Gasteiger partial charge is 0.126 e. The van der Waals surface area contributed by atoms with E-state index in [4.69, 9.17) is 0 Å². The molecule has 0 bridgehead atoms. The fourth-order valence-electron chi connectivity index (χ4n) is 1.81. The molecule has 0 atom stereocenters. The lowest BCUT2D eigenvalue weighted by atomic mass is 9.96. The van der Waals surface area contributed by atoms with Crippen LogP contribution in [0, 0.1) is 5.92 Å². The van der Waals surface area contributed by atoms with Crippen molar-refractivity contribution in [2.24, 2.45) is 15.9 Å². The summed E-state index contributed by atoms with van der Waals surface area (Å²) in [7, 11) is 2.18. The zero-order chi connectivity index (χ0) is 8.39. The molecule has 2 rings (SSSR count). The Morgan fingerprint density at radius 2 is 2.17 bits per heavy atom. The highest BCUT2D eigenvalue weighted by Gasteiger charge is 2.21. The van der Waals surface area contributed by atoms with Crippen LogP contribution in [0.1, 0.15) is 12.8 Å². The van der Waals surface area contributed by atoms with E-state index in [1.807, 2.05) is 6.21 Å². The van der Waals surface area contributed by atoms with E-state index in [0.29, 0.717) is 5.92 Å². The van der Waals surface area contributed by atoms with Crippen LogP contribution >= 0.6 is 0 Å². The van der Waals surface area contributed by atoms with Gasteiger partial charge in [-0.05, 0) is 33.0 Å². The third kappa shape index (κ3) is 1.55. The second kappa shape index (κ2) is 3.35. The molecule has 1 fully saturated rings. The van der Waals surface area contributed by atoms with E-state index in [9.17, 15) is 0 Å². The molecule has 3 heteroatoms. The highest BCUT2D eigenvalue weighted by Crippen LogP contribution is 2.19. The Kier molecular flexibility index (Phi) is 2.21. The fraction of sp³-hybridized carbons (Fsp3) is 0.778. The molecular weight excluding hydrogens is 150 g/mol. The number of nitrogens with zero attached hydrogens (tertiary/aromatic N) is 3. The predicted octanol–water partition coefficient (Wildman–Crippen LogP) is 0.811. The Morgan fingerprint density at radius 3 is 2.75 bits per heavy atom. The van der Waals surface area contributed by atoms with Crippen LogP contribution in [0.3, 0.4) is 0 Å². The van der Waals surface area contributed by atoms with Crippen molar-refractivity contribution < 1.29 is 0 Å². The molecule has 2 aliphatic heterocycles. The zero-order valence-corrected chi connectivity index (χ0v) is 7.53. The van der Waals surface area contributed by atoms with Crippen molar-refractivity contribution in [2.45, 2.75) is 12.8 Å². The van der Waals surface area contributed by atoms with Crippen LogP contribution < -0.4 is 0 Å². The lowest BCUT2D eigenvalue weighted by Gasteiger charge is -2.27. The normalized spacial score (nSPS) is 26.2. The van der Waals surface area contributed by atoms with Gasteiger partial charge < -0.3 is 4.90 Å². The molecule has 0 amide bonds. The summed E-state index contributed by atoms with van der Waals surface area (Å²) in [4.78, 5) is 11.0. The maximum absolute atomic E-state index is 4.36. The first kappa shape index (κ1) is 7.92. The van der Waals surface area contributed by atoms with Crippen LogP contribution in [0.15, 0.2) is 9.98 Å². The minimum Gasteiger partial charge on any atom is -0.306 e. The summed E-state index contributed by atoms with van der Waals surface area (Å²) in [6, 6.07) is 0. The molecule has 0 unspecified atom stereocenters. The summed E-state index contributed by atoms with van der Waals surface area (Å²) in [5.74, 6) is 1.74. The molecule has 2 heterocycles. The number of amidine groups is 1. The van der Waals surface area contributed by atoms with Crippen molar-refractivity contribution in [2.75, 3.05) is 26.7 Å². The first-order valence-electron chi connectivity index (χ1n) is 4.61. The van der Waals surface area contributed by atoms with E-state index in [0.717, 1.165) is 12.4 Å². The van der Waals surface area contributed by atoms with Crippen molar-refractivity contribution in [1.29, 1.82) is 0 Å². The third-order valence-corrected chi connectivity index (χ3v) is 2.64. The molecule has 0 aromatic rings. The molecule has 0 saturated carbocycles. The van der Waals surface area contributed by atoms with Gasteiger partial charge in [0.25, 0.3) is 0 Å². The van der Waals surface area contributed by atoms with Crippen LogP contribution in [0.25, 0.3) is 0 Å². The minimum absolute atomic E-state index is 0.639. The van der Waals surface area contributed by atoms with Crippen LogP contribution in [-0.4, -0.2) is 43.6 Å². The number of aliphatic imine (C=N–C) groups is 2. The highest BCUT2D eigenvalue weighted by molar-refractivity contribution is 5.96. The molecule has 0 aliphatic carbocycles. The summed E-state index contributed by atoms with van der Waals surface area (Å²) in [5.41, 5.74) is 0. The molecule has 3 nitrogen and oxygen atoms in total. The maximum atomic E-state index is 4.36. The second-order valence-corrected chi connectivity index (χ2v) is 3.59. The molecule has 0 aromatic heterocycles. The maximum Gasteiger partial charge on any atom is 0.126 e. The van der Waals surface area contributed by atoms with Gasteiger partial charge in [0.15, 0.2) is 0 Å². The Hall–Kier alpha value is -0.700. The number of hydrogen-bond acceptors (Lipinski definition) is 3. The van der Waals surface area contributed by atoms with Crippen LogP contribution in [-0.2, 0) is 0 Å². The van der Waals surface area contributed by atoms with Crippen LogP contribution in [0.2, 0.25) is 0 Å². The van der Waals surface area contributed by atoms with E-state index in [-0.39, 0.29) is 0 Å². The summed E-state index contributed by atoms with van der Waals surface area (Å²) in [6.45, 7) is 3.19. The average Bonchev–Trinajstić information content (AvgIpc) is 2.58. The quantitative estimate of drug-likeness (QED) is 0.565. The molecule has 66 valence electrons. The monoisotopic (exact) mass is 165 g/mol. The molecule has 1 saturated heterocycles. The SMILES string of the molecule is CN1CCC(C2=NCC=N2)CC1. The van der Waals surface area contributed by atoms with Crippen molar-refractivity contribution in [1.82, 2.24) is 4.90 Å². The summed E-state index contributed by atoms with van der Waals surface area (Å²) in [5, 5.41) is 0. The molecular formula is C9H15N3. The van der Waals surface area contributed by atoms with E-state index < -0.39 is 0 Å². The predicted molar refractivity (Wildman–Crippen MR) is 51.0 cm³/mol. The standard InChI is InChI=1S/C9H15N3/c1-12-6-2-8(3-7-12)9-10-4-5-11-9/h4,8H,2-3,5-7H2,1H3. The van der Waals surface area contributed by atoms with Crippen molar-refractivity contribution in [3.8, 4) is 0 Å². The molecule has 0 N–H and O–H groups in total. The Balaban J connectivity index is 1.93. The van der Waals surface area contributed by atoms with Gasteiger partial charge >= 0.3 is 0 Å². The lowest BCUT2D eigenvalue weighted by molar-refractivity contribution is 0.251. The largest absolute Gasteiger partial charge is 0.306 e. The van der Waals surface area contributed by atoms with Gasteiger partial charge in [-0.15, -0.1) is 0 Å². The fourth-order valence-corrected chi connectivity index (χ4v) is 1.81. The molecule has 2 aliphatic rings. The van der Waals surface area contributed by atoms with Gasteiger partial charge in [0.05, 0.1) is 6.54 Å². The van der Waals surface area contributed by atoms with Gasteiger partial charge in [-0.2, -0.15) is 0 Å². The van der Waals surface area contributed by atoms with E-state index in [1.165, 1.54) is 25.9 Å². The first-order valence-corrected chi connectivity index (χ1v) is 4.61. The summed E-state index contributed by atoms with van der Waals surface area (Å²) < 4.78 is 0. The Bertz CT molecular complexity index is 212. The topological polar surface area (TPSA) is 28.0 Å². The van der Waals surface area contributed by atoms with Gasteiger partial charge in [0.2, 0.25) is 0 Å². The highest BCUT2D eigenvalue weighted by atomic mass is 15.1. The number of hydrogen-bond donors (Lipinski definition) is 0. The van der Waals surface area contributed by atoms with Gasteiger partial charge in [-0.3, -0.25) is 4.99 Å². The number of piperidine rings is 1. The minimum atomic E-state index is 0.639. The van der Waals surface area contributed by atoms with Gasteiger partial charge in [0, 0.05) is 12.1 Å². The van der Waals surface area contributed by atoms with Gasteiger partial charge in [-0.1, -0.05) is 0 Å². The van der Waals surface area contributed by atoms with Crippen molar-refractivity contribution in [3.05, 3.63) is 0 Å². The average molecular weight is 165 g/mol. The van der Waals surface area contributed by atoms with Crippen molar-refractivity contribution in [3.63, 3.8) is 0 Å². The zero-order valence-electron chi connectivity index (χ0n) is 7.53. The van der Waals surface area contributed by atoms with Gasteiger partial charge in [0.1, 0.15) is 5.84 Å². The summed E-state index contributed by atoms with van der Waals surface area (Å²) >= 11 is 0. The van der Waals surface area contributed by atoms with E-state index in [2.05, 4.69) is 21.9 Å². The lowest BCUT2D eigenvalue weighted by Crippen LogP contribution is -2.32. The van der Waals surface area contributed by atoms with Crippen LogP contribution in [0.5, 0.6) is 0 Å². The Morgan fingerprint density at radius 1 is 1.42 bits per heavy atom. The van der Waals surface area contributed by atoms with Gasteiger partial charge in [-0.25, -0.2) is 4.99 Å². The molecule has 0 radical (unpaired) electrons. The summed E-state index contributed by atoms with van der Waals surface area (Å²) in [6.07, 6.45) is 4.37. The van der Waals surface area contributed by atoms with Crippen molar-refractivity contribution >= 4 is 12.1 Å². The van der Waals surface area contributed by atoms with E-state index in [1.54, 1.807) is 0 Å². The molecule has 12 heavy (non-hydrogen) atoms. The Labute approximate surface area is 73.2 Å². The van der Waals surface area contributed by atoms with Crippen LogP contribution in [0.4, 0.5) is 0 Å². The third-order valence-electron chi connectivity index (χ3n) is 2.64. The molecule has 0 spiro atoms. The van der Waals surface area contributed by atoms with E-state index >= 15 is 0 Å². The molecule has 0 aromatic carbocycles. The number of likely N-dealkylation sites (tertiary alicyclic amines) is 1. The first-order chi connectivity index (χ1) is 5.86. The number of rotatable bonds is 1. The second-order valence-electron chi connectivity index (χ2n) is 3.59.